The number of benzene rings is 2. The highest BCUT2D eigenvalue weighted by Crippen LogP contribution is 2.31. The van der Waals surface area contributed by atoms with Crippen molar-refractivity contribution in [3.05, 3.63) is 82.9 Å². The average Bonchev–Trinajstić information content (AvgIpc) is 3.42. The highest BCUT2D eigenvalue weighted by molar-refractivity contribution is 5.76. The molecule has 2 aliphatic rings. The highest BCUT2D eigenvalue weighted by Gasteiger charge is 2.17. The van der Waals surface area contributed by atoms with E-state index < -0.39 is 24.0 Å². The zero-order chi connectivity index (χ0) is 23.8. The SMILES string of the molecule is NC(CCC1=CCc2ccccc21)C(=O)O.NC(CCCC1=CCc2ccccc21)C(=O)O. The molecule has 2 aliphatic carbocycles. The van der Waals surface area contributed by atoms with Crippen LogP contribution in [0.1, 0.15) is 54.4 Å². The Bertz CT molecular complexity index is 1060. The van der Waals surface area contributed by atoms with Crippen LogP contribution in [-0.4, -0.2) is 34.2 Å². The van der Waals surface area contributed by atoms with E-state index in [9.17, 15) is 9.59 Å². The molecule has 0 spiro atoms. The second kappa shape index (κ2) is 11.6. The maximum atomic E-state index is 10.6. The molecule has 2 aromatic rings. The third-order valence-corrected chi connectivity index (χ3v) is 6.18. The van der Waals surface area contributed by atoms with Crippen LogP contribution in [0.25, 0.3) is 11.1 Å². The number of carbonyl (C=O) groups is 2. The van der Waals surface area contributed by atoms with Crippen LogP contribution in [-0.2, 0) is 22.4 Å². The lowest BCUT2D eigenvalue weighted by molar-refractivity contribution is -0.139. The Morgan fingerprint density at radius 1 is 0.727 bits per heavy atom. The van der Waals surface area contributed by atoms with Gasteiger partial charge in [-0.2, -0.15) is 0 Å². The van der Waals surface area contributed by atoms with Gasteiger partial charge >= 0.3 is 11.9 Å². The second-order valence-corrected chi connectivity index (χ2v) is 8.50. The van der Waals surface area contributed by atoms with Gasteiger partial charge in [0.2, 0.25) is 0 Å². The van der Waals surface area contributed by atoms with Crippen LogP contribution in [0.2, 0.25) is 0 Å². The first-order chi connectivity index (χ1) is 15.9. The third kappa shape index (κ3) is 6.63. The Labute approximate surface area is 194 Å². The monoisotopic (exact) mass is 448 g/mol. The minimum Gasteiger partial charge on any atom is -0.480 e. The molecule has 0 saturated heterocycles. The largest absolute Gasteiger partial charge is 0.480 e. The molecule has 6 heteroatoms. The van der Waals surface area contributed by atoms with Crippen molar-refractivity contribution in [3.8, 4) is 0 Å². The number of carboxylic acid groups (broad SMARTS) is 2. The minimum atomic E-state index is -0.924. The van der Waals surface area contributed by atoms with Crippen LogP contribution in [0.15, 0.2) is 60.7 Å². The molecule has 0 heterocycles. The van der Waals surface area contributed by atoms with Crippen LogP contribution in [0.5, 0.6) is 0 Å². The summed E-state index contributed by atoms with van der Waals surface area (Å²) in [7, 11) is 0. The molecule has 174 valence electrons. The summed E-state index contributed by atoms with van der Waals surface area (Å²) in [5.74, 6) is -1.84. The second-order valence-electron chi connectivity index (χ2n) is 8.50. The molecule has 0 aromatic heterocycles. The first-order valence-electron chi connectivity index (χ1n) is 11.4. The Balaban J connectivity index is 0.000000186. The summed E-state index contributed by atoms with van der Waals surface area (Å²) in [4.78, 5) is 21.2. The lowest BCUT2D eigenvalue weighted by Crippen LogP contribution is -2.29. The summed E-state index contributed by atoms with van der Waals surface area (Å²) in [6.07, 6.45) is 9.86. The summed E-state index contributed by atoms with van der Waals surface area (Å²) in [6, 6.07) is 15.1. The molecule has 0 amide bonds. The standard InChI is InChI=1S/C14H17NO2.C13H15NO2/c15-13(14(16)17)7-3-5-11-9-8-10-4-1-2-6-12(10)11;14-12(13(15)16)8-7-10-6-5-9-3-1-2-4-11(9)10/h1-2,4,6,9,13H,3,5,7-8,15H2,(H,16,17);1-4,6,12H,5,7-8,14H2,(H,15,16). The first kappa shape index (κ1) is 24.4. The molecule has 0 fully saturated rings. The fourth-order valence-corrected chi connectivity index (χ4v) is 4.25. The van der Waals surface area contributed by atoms with E-state index in [0.29, 0.717) is 12.8 Å². The van der Waals surface area contributed by atoms with Crippen LogP contribution < -0.4 is 11.5 Å². The number of hydrogen-bond acceptors (Lipinski definition) is 4. The van der Waals surface area contributed by atoms with E-state index in [1.807, 2.05) is 18.2 Å². The number of fused-ring (bicyclic) bond motifs is 2. The Morgan fingerprint density at radius 3 is 1.70 bits per heavy atom. The molecular formula is C27H32N2O4. The third-order valence-electron chi connectivity index (χ3n) is 6.18. The number of allylic oxidation sites excluding steroid dienone is 4. The fraction of sp³-hybridized carbons (Fsp3) is 0.333. The van der Waals surface area contributed by atoms with E-state index >= 15 is 0 Å². The zero-order valence-electron chi connectivity index (χ0n) is 18.7. The van der Waals surface area contributed by atoms with Gasteiger partial charge in [0.1, 0.15) is 12.1 Å². The molecule has 2 aromatic carbocycles. The number of rotatable bonds is 9. The molecule has 0 saturated carbocycles. The van der Waals surface area contributed by atoms with Gasteiger partial charge in [-0.1, -0.05) is 60.7 Å². The van der Waals surface area contributed by atoms with Crippen molar-refractivity contribution in [3.63, 3.8) is 0 Å². The fourth-order valence-electron chi connectivity index (χ4n) is 4.25. The van der Waals surface area contributed by atoms with Crippen molar-refractivity contribution in [1.29, 1.82) is 0 Å². The lowest BCUT2D eigenvalue weighted by atomic mass is 10.00. The van der Waals surface area contributed by atoms with Gasteiger partial charge in [-0.3, -0.25) is 9.59 Å². The van der Waals surface area contributed by atoms with Crippen molar-refractivity contribution in [2.75, 3.05) is 0 Å². The van der Waals surface area contributed by atoms with E-state index in [1.54, 1.807) is 0 Å². The number of nitrogens with two attached hydrogens (primary N) is 2. The van der Waals surface area contributed by atoms with Crippen LogP contribution in [0, 0.1) is 0 Å². The molecule has 6 N–H and O–H groups in total. The Hall–Kier alpha value is -3.22. The van der Waals surface area contributed by atoms with Gasteiger partial charge in [-0.15, -0.1) is 0 Å². The maximum Gasteiger partial charge on any atom is 0.320 e. The minimum absolute atomic E-state index is 0.496. The highest BCUT2D eigenvalue weighted by atomic mass is 16.4. The van der Waals surface area contributed by atoms with E-state index in [4.69, 9.17) is 21.7 Å². The summed E-state index contributed by atoms with van der Waals surface area (Å²) >= 11 is 0. The smallest absolute Gasteiger partial charge is 0.320 e. The van der Waals surface area contributed by atoms with E-state index in [1.165, 1.54) is 33.4 Å². The molecular weight excluding hydrogens is 416 g/mol. The number of aliphatic carboxylic acids is 2. The molecule has 4 rings (SSSR count). The normalized spacial score (nSPS) is 15.3. The summed E-state index contributed by atoms with van der Waals surface area (Å²) in [5.41, 5.74) is 18.8. The molecule has 0 aliphatic heterocycles. The first-order valence-corrected chi connectivity index (χ1v) is 11.4. The molecule has 0 bridgehead atoms. The summed E-state index contributed by atoms with van der Waals surface area (Å²) < 4.78 is 0. The molecule has 0 radical (unpaired) electrons. The van der Waals surface area contributed by atoms with E-state index in [2.05, 4.69) is 42.5 Å². The van der Waals surface area contributed by atoms with Crippen molar-refractivity contribution in [2.24, 2.45) is 11.5 Å². The van der Waals surface area contributed by atoms with Gasteiger partial charge in [0.25, 0.3) is 0 Å². The van der Waals surface area contributed by atoms with Crippen molar-refractivity contribution in [1.82, 2.24) is 0 Å². The Morgan fingerprint density at radius 2 is 1.18 bits per heavy atom. The Kier molecular flexibility index (Phi) is 8.58. The molecule has 33 heavy (non-hydrogen) atoms. The maximum absolute atomic E-state index is 10.6. The van der Waals surface area contributed by atoms with E-state index in [0.717, 1.165) is 32.1 Å². The molecule has 2 atom stereocenters. The van der Waals surface area contributed by atoms with Gasteiger partial charge in [0, 0.05) is 0 Å². The van der Waals surface area contributed by atoms with Gasteiger partial charge in [0.15, 0.2) is 0 Å². The zero-order valence-corrected chi connectivity index (χ0v) is 18.7. The molecule has 2 unspecified atom stereocenters. The van der Waals surface area contributed by atoms with Crippen molar-refractivity contribution >= 4 is 23.1 Å². The predicted octanol–water partition coefficient (Wildman–Crippen LogP) is 4.03. The molecule has 6 nitrogen and oxygen atoms in total. The van der Waals surface area contributed by atoms with Crippen LogP contribution >= 0.6 is 0 Å². The van der Waals surface area contributed by atoms with Crippen LogP contribution in [0.4, 0.5) is 0 Å². The van der Waals surface area contributed by atoms with Crippen LogP contribution in [0.3, 0.4) is 0 Å². The van der Waals surface area contributed by atoms with E-state index in [-0.39, 0.29) is 0 Å². The summed E-state index contributed by atoms with van der Waals surface area (Å²) in [5, 5.41) is 17.4. The lowest BCUT2D eigenvalue weighted by Gasteiger charge is -2.08. The number of carboxylic acids is 2. The van der Waals surface area contributed by atoms with Crippen molar-refractivity contribution in [2.45, 2.75) is 57.0 Å². The van der Waals surface area contributed by atoms with Gasteiger partial charge < -0.3 is 21.7 Å². The quantitative estimate of drug-likeness (QED) is 0.459. The van der Waals surface area contributed by atoms with Gasteiger partial charge in [-0.05, 0) is 78.3 Å². The number of hydrogen-bond donors (Lipinski definition) is 4. The summed E-state index contributed by atoms with van der Waals surface area (Å²) in [6.45, 7) is 0. The van der Waals surface area contributed by atoms with Gasteiger partial charge in [0.05, 0.1) is 0 Å². The van der Waals surface area contributed by atoms with Gasteiger partial charge in [-0.25, -0.2) is 0 Å². The predicted molar refractivity (Wildman–Crippen MR) is 131 cm³/mol. The topological polar surface area (TPSA) is 127 Å². The van der Waals surface area contributed by atoms with Crippen molar-refractivity contribution < 1.29 is 19.8 Å². The average molecular weight is 449 g/mol.